The summed E-state index contributed by atoms with van der Waals surface area (Å²) in [4.78, 5) is 0. The number of hydrogen-bond acceptors (Lipinski definition) is 3. The van der Waals surface area contributed by atoms with Crippen LogP contribution in [-0.2, 0) is 0 Å². The van der Waals surface area contributed by atoms with Crippen molar-refractivity contribution in [1.29, 1.82) is 0 Å². The Kier molecular flexibility index (Phi) is 3.97. The van der Waals surface area contributed by atoms with Crippen molar-refractivity contribution in [3.63, 3.8) is 0 Å². The number of aliphatic hydroxyl groups excluding tert-OH is 1. The van der Waals surface area contributed by atoms with Gasteiger partial charge in [0.25, 0.3) is 0 Å². The molecule has 2 N–H and O–H groups in total. The average Bonchev–Trinajstić information content (AvgIpc) is 2.74. The maximum Gasteiger partial charge on any atom is 0.134 e. The van der Waals surface area contributed by atoms with Crippen LogP contribution in [0, 0.1) is 12.3 Å². The van der Waals surface area contributed by atoms with E-state index in [0.29, 0.717) is 0 Å². The highest BCUT2D eigenvalue weighted by Crippen LogP contribution is 2.29. The van der Waals surface area contributed by atoms with E-state index in [1.165, 1.54) is 10.9 Å². The highest BCUT2D eigenvalue weighted by molar-refractivity contribution is 5.82. The molecule has 1 heterocycles. The molecule has 0 fully saturated rings. The molecule has 0 saturated heterocycles. The van der Waals surface area contributed by atoms with Gasteiger partial charge in [0.05, 0.1) is 6.04 Å². The van der Waals surface area contributed by atoms with Crippen LogP contribution >= 0.6 is 0 Å². The minimum absolute atomic E-state index is 0.117. The Labute approximate surface area is 114 Å². The van der Waals surface area contributed by atoms with Crippen molar-refractivity contribution in [2.75, 3.05) is 13.2 Å². The van der Waals surface area contributed by atoms with Crippen LogP contribution in [-0.4, -0.2) is 18.3 Å². The smallest absolute Gasteiger partial charge is 0.134 e. The summed E-state index contributed by atoms with van der Waals surface area (Å²) >= 11 is 0. The normalized spacial score (nSPS) is 13.9. The quantitative estimate of drug-likeness (QED) is 0.867. The fourth-order valence-corrected chi connectivity index (χ4v) is 2.18. The molecule has 0 aliphatic heterocycles. The lowest BCUT2D eigenvalue weighted by Crippen LogP contribution is -2.33. The minimum atomic E-state index is -0.117. The standard InChI is InChI=1S/C16H23NO2/c1-11-13-7-5-6-8-14(13)19-15(11)12(2)17-9-16(3,4)10-18/h5-8,12,17-18H,9-10H2,1-4H3. The molecule has 3 heteroatoms. The highest BCUT2D eigenvalue weighted by Gasteiger charge is 2.20. The van der Waals surface area contributed by atoms with Crippen molar-refractivity contribution in [3.05, 3.63) is 35.6 Å². The summed E-state index contributed by atoms with van der Waals surface area (Å²) in [7, 11) is 0. The Balaban J connectivity index is 2.17. The second-order valence-corrected chi connectivity index (χ2v) is 6.01. The molecule has 104 valence electrons. The zero-order valence-corrected chi connectivity index (χ0v) is 12.2. The summed E-state index contributed by atoms with van der Waals surface area (Å²) in [5.41, 5.74) is 2.01. The average molecular weight is 261 g/mol. The molecule has 0 aliphatic carbocycles. The van der Waals surface area contributed by atoms with Crippen molar-refractivity contribution in [1.82, 2.24) is 5.32 Å². The van der Waals surface area contributed by atoms with Gasteiger partial charge in [0.2, 0.25) is 0 Å². The van der Waals surface area contributed by atoms with Gasteiger partial charge in [-0.05, 0) is 25.5 Å². The van der Waals surface area contributed by atoms with Gasteiger partial charge in [-0.15, -0.1) is 0 Å². The number of benzene rings is 1. The Bertz CT molecular complexity index is 557. The molecule has 1 unspecified atom stereocenters. The van der Waals surface area contributed by atoms with Crippen LogP contribution in [0.5, 0.6) is 0 Å². The van der Waals surface area contributed by atoms with Crippen molar-refractivity contribution >= 4 is 11.0 Å². The third kappa shape index (κ3) is 2.99. The summed E-state index contributed by atoms with van der Waals surface area (Å²) in [6, 6.07) is 8.24. The van der Waals surface area contributed by atoms with Gasteiger partial charge in [-0.25, -0.2) is 0 Å². The molecule has 1 atom stereocenters. The van der Waals surface area contributed by atoms with E-state index in [0.717, 1.165) is 17.9 Å². The van der Waals surface area contributed by atoms with E-state index in [9.17, 15) is 5.11 Å². The Hall–Kier alpha value is -1.32. The first kappa shape index (κ1) is 14.1. The van der Waals surface area contributed by atoms with E-state index in [-0.39, 0.29) is 18.1 Å². The SMILES string of the molecule is Cc1c(C(C)NCC(C)(C)CO)oc2ccccc12. The molecule has 0 spiro atoms. The van der Waals surface area contributed by atoms with Crippen molar-refractivity contribution in [2.24, 2.45) is 5.41 Å². The van der Waals surface area contributed by atoms with Crippen LogP contribution in [0.15, 0.2) is 28.7 Å². The first-order valence-corrected chi connectivity index (χ1v) is 6.77. The van der Waals surface area contributed by atoms with Crippen LogP contribution in [0.25, 0.3) is 11.0 Å². The number of hydrogen-bond donors (Lipinski definition) is 2. The van der Waals surface area contributed by atoms with Crippen LogP contribution in [0.2, 0.25) is 0 Å². The van der Waals surface area contributed by atoms with Crippen molar-refractivity contribution in [3.8, 4) is 0 Å². The number of nitrogens with one attached hydrogen (secondary N) is 1. The fourth-order valence-electron chi connectivity index (χ4n) is 2.18. The van der Waals surface area contributed by atoms with Crippen molar-refractivity contribution < 1.29 is 9.52 Å². The fraction of sp³-hybridized carbons (Fsp3) is 0.500. The number of rotatable bonds is 5. The second-order valence-electron chi connectivity index (χ2n) is 6.01. The van der Waals surface area contributed by atoms with Crippen LogP contribution < -0.4 is 5.32 Å². The van der Waals surface area contributed by atoms with Gasteiger partial charge in [-0.1, -0.05) is 32.0 Å². The molecule has 2 rings (SSSR count). The minimum Gasteiger partial charge on any atom is -0.459 e. The van der Waals surface area contributed by atoms with E-state index in [4.69, 9.17) is 4.42 Å². The van der Waals surface area contributed by atoms with E-state index >= 15 is 0 Å². The maximum atomic E-state index is 9.28. The van der Waals surface area contributed by atoms with Gasteiger partial charge in [0.1, 0.15) is 11.3 Å². The molecular weight excluding hydrogens is 238 g/mol. The summed E-state index contributed by atoms with van der Waals surface area (Å²) in [6.07, 6.45) is 0. The highest BCUT2D eigenvalue weighted by atomic mass is 16.3. The molecule has 1 aromatic heterocycles. The molecule has 0 saturated carbocycles. The Morgan fingerprint density at radius 2 is 2.00 bits per heavy atom. The van der Waals surface area contributed by atoms with Crippen LogP contribution in [0.3, 0.4) is 0 Å². The van der Waals surface area contributed by atoms with Gasteiger partial charge in [-0.3, -0.25) is 0 Å². The summed E-state index contributed by atoms with van der Waals surface area (Å²) in [6.45, 7) is 9.19. The molecule has 3 nitrogen and oxygen atoms in total. The van der Waals surface area contributed by atoms with E-state index in [1.807, 2.05) is 32.0 Å². The van der Waals surface area contributed by atoms with E-state index < -0.39 is 0 Å². The largest absolute Gasteiger partial charge is 0.459 e. The molecular formula is C16H23NO2. The van der Waals surface area contributed by atoms with Gasteiger partial charge in [-0.2, -0.15) is 0 Å². The lowest BCUT2D eigenvalue weighted by Gasteiger charge is -2.24. The number of aryl methyl sites for hydroxylation is 1. The number of para-hydroxylation sites is 1. The van der Waals surface area contributed by atoms with E-state index in [1.54, 1.807) is 0 Å². The predicted octanol–water partition coefficient (Wildman–Crippen LogP) is 3.41. The lowest BCUT2D eigenvalue weighted by molar-refractivity contribution is 0.152. The molecule has 19 heavy (non-hydrogen) atoms. The molecule has 0 radical (unpaired) electrons. The van der Waals surface area contributed by atoms with E-state index in [2.05, 4.69) is 25.2 Å². The summed E-state index contributed by atoms with van der Waals surface area (Å²) in [5, 5.41) is 13.9. The predicted molar refractivity (Wildman–Crippen MR) is 78.2 cm³/mol. The van der Waals surface area contributed by atoms with Gasteiger partial charge >= 0.3 is 0 Å². The van der Waals surface area contributed by atoms with Crippen molar-refractivity contribution in [2.45, 2.75) is 33.7 Å². The van der Waals surface area contributed by atoms with Gasteiger partial charge < -0.3 is 14.8 Å². The first-order chi connectivity index (χ1) is 8.94. The zero-order valence-electron chi connectivity index (χ0n) is 12.2. The second kappa shape index (κ2) is 5.35. The number of furan rings is 1. The topological polar surface area (TPSA) is 45.4 Å². The molecule has 0 aliphatic rings. The lowest BCUT2D eigenvalue weighted by atomic mass is 9.94. The van der Waals surface area contributed by atoms with Crippen LogP contribution in [0.4, 0.5) is 0 Å². The molecule has 0 bridgehead atoms. The maximum absolute atomic E-state index is 9.28. The Morgan fingerprint density at radius 1 is 1.32 bits per heavy atom. The summed E-state index contributed by atoms with van der Waals surface area (Å²) in [5.74, 6) is 0.981. The molecule has 1 aromatic carbocycles. The van der Waals surface area contributed by atoms with Gasteiger partial charge in [0, 0.05) is 24.0 Å². The summed E-state index contributed by atoms with van der Waals surface area (Å²) < 4.78 is 5.93. The zero-order chi connectivity index (χ0) is 14.0. The third-order valence-corrected chi connectivity index (χ3v) is 3.59. The first-order valence-electron chi connectivity index (χ1n) is 6.77. The number of aliphatic hydroxyl groups is 1. The molecule has 0 amide bonds. The van der Waals surface area contributed by atoms with Gasteiger partial charge in [0.15, 0.2) is 0 Å². The van der Waals surface area contributed by atoms with Crippen LogP contribution in [0.1, 0.15) is 38.1 Å². The molecule has 2 aromatic rings. The number of fused-ring (bicyclic) bond motifs is 1. The third-order valence-electron chi connectivity index (χ3n) is 3.59. The Morgan fingerprint density at radius 3 is 2.63 bits per heavy atom. The monoisotopic (exact) mass is 261 g/mol.